The van der Waals surface area contributed by atoms with Gasteiger partial charge < -0.3 is 15.8 Å². The molecule has 1 saturated heterocycles. The Morgan fingerprint density at radius 2 is 2.26 bits per heavy atom. The summed E-state index contributed by atoms with van der Waals surface area (Å²) in [4.78, 5) is 18.0. The molecular weight excluding hydrogens is 250 g/mol. The number of hydrogen-bond donors (Lipinski definition) is 2. The summed E-state index contributed by atoms with van der Waals surface area (Å²) in [5.41, 5.74) is 5.32. The number of nitro groups is 1. The van der Waals surface area contributed by atoms with E-state index in [1.807, 2.05) is 6.92 Å². The van der Waals surface area contributed by atoms with Crippen LogP contribution in [0.5, 0.6) is 0 Å². The Kier molecular flexibility index (Phi) is 4.10. The number of nitrogen functional groups attached to an aromatic ring is 1. The zero-order chi connectivity index (χ0) is 13.8. The predicted octanol–water partition coefficient (Wildman–Crippen LogP) is 1.19. The molecule has 1 aliphatic heterocycles. The Balaban J connectivity index is 2.12. The Bertz CT molecular complexity index is 462. The molecule has 0 aromatic carbocycles. The van der Waals surface area contributed by atoms with Crippen molar-refractivity contribution in [3.63, 3.8) is 0 Å². The number of ether oxygens (including phenoxy) is 1. The fraction of sp³-hybridized carbons (Fsp3) is 0.636. The van der Waals surface area contributed by atoms with Gasteiger partial charge in [0.05, 0.1) is 4.92 Å². The highest BCUT2D eigenvalue weighted by molar-refractivity contribution is 5.56. The lowest BCUT2D eigenvalue weighted by molar-refractivity contribution is -0.384. The zero-order valence-corrected chi connectivity index (χ0v) is 10.7. The molecule has 3 N–H and O–H groups in total. The smallest absolute Gasteiger partial charge is 0.329 e. The number of hydrogen-bond acceptors (Lipinski definition) is 7. The van der Waals surface area contributed by atoms with Gasteiger partial charge in [-0.1, -0.05) is 0 Å². The van der Waals surface area contributed by atoms with E-state index in [9.17, 15) is 10.1 Å². The molecule has 0 amide bonds. The van der Waals surface area contributed by atoms with Crippen LogP contribution in [0.3, 0.4) is 0 Å². The van der Waals surface area contributed by atoms with Crippen LogP contribution in [0.25, 0.3) is 0 Å². The van der Waals surface area contributed by atoms with E-state index < -0.39 is 4.92 Å². The molecule has 1 aromatic rings. The molecule has 1 unspecified atom stereocenters. The van der Waals surface area contributed by atoms with Gasteiger partial charge >= 0.3 is 5.69 Å². The Morgan fingerprint density at radius 3 is 2.89 bits per heavy atom. The van der Waals surface area contributed by atoms with E-state index in [4.69, 9.17) is 10.5 Å². The first-order valence-corrected chi connectivity index (χ1v) is 6.19. The molecule has 1 aromatic heterocycles. The number of nitrogens with zero attached hydrogens (tertiary/aromatic N) is 3. The minimum Gasteiger partial charge on any atom is -0.381 e. The number of aromatic nitrogens is 2. The van der Waals surface area contributed by atoms with Gasteiger partial charge in [-0.05, 0) is 25.7 Å². The first-order chi connectivity index (χ1) is 9.08. The van der Waals surface area contributed by atoms with Crippen LogP contribution in [0.1, 0.15) is 19.8 Å². The van der Waals surface area contributed by atoms with Gasteiger partial charge in [-0.25, -0.2) is 4.98 Å². The van der Waals surface area contributed by atoms with Crippen LogP contribution in [0.15, 0.2) is 6.20 Å². The van der Waals surface area contributed by atoms with Gasteiger partial charge in [0.1, 0.15) is 6.20 Å². The second-order valence-corrected chi connectivity index (χ2v) is 4.60. The minimum absolute atomic E-state index is 0.0206. The molecular formula is C11H17N5O3. The normalized spacial score (nSPS) is 17.9. The SMILES string of the molecule is CC(Nc1nc(N)ncc1[N+](=O)[O-])C1CCOCC1. The number of nitrogens with two attached hydrogens (primary N) is 1. The minimum atomic E-state index is -0.515. The van der Waals surface area contributed by atoms with Crippen LogP contribution in [0.2, 0.25) is 0 Å². The van der Waals surface area contributed by atoms with Crippen molar-refractivity contribution in [1.82, 2.24) is 9.97 Å². The van der Waals surface area contributed by atoms with Crippen LogP contribution >= 0.6 is 0 Å². The van der Waals surface area contributed by atoms with Crippen molar-refractivity contribution in [2.75, 3.05) is 24.3 Å². The second kappa shape index (κ2) is 5.79. The Labute approximate surface area is 110 Å². The van der Waals surface area contributed by atoms with Crippen LogP contribution in [-0.4, -0.2) is 34.1 Å². The first-order valence-electron chi connectivity index (χ1n) is 6.19. The summed E-state index contributed by atoms with van der Waals surface area (Å²) in [5, 5.41) is 14.0. The van der Waals surface area contributed by atoms with Crippen molar-refractivity contribution in [3.05, 3.63) is 16.3 Å². The Hall–Kier alpha value is -1.96. The van der Waals surface area contributed by atoms with Crippen LogP contribution in [-0.2, 0) is 4.74 Å². The summed E-state index contributed by atoms with van der Waals surface area (Å²) < 4.78 is 5.30. The molecule has 104 valence electrons. The monoisotopic (exact) mass is 267 g/mol. The predicted molar refractivity (Wildman–Crippen MR) is 69.7 cm³/mol. The van der Waals surface area contributed by atoms with E-state index in [0.717, 1.165) is 32.3 Å². The molecule has 0 spiro atoms. The fourth-order valence-electron chi connectivity index (χ4n) is 2.18. The van der Waals surface area contributed by atoms with Crippen molar-refractivity contribution in [1.29, 1.82) is 0 Å². The van der Waals surface area contributed by atoms with E-state index in [2.05, 4.69) is 15.3 Å². The topological polar surface area (TPSA) is 116 Å². The molecule has 1 atom stereocenters. The van der Waals surface area contributed by atoms with Crippen LogP contribution < -0.4 is 11.1 Å². The molecule has 8 nitrogen and oxygen atoms in total. The number of nitrogens with one attached hydrogen (secondary N) is 1. The highest BCUT2D eigenvalue weighted by Crippen LogP contribution is 2.26. The van der Waals surface area contributed by atoms with Crippen LogP contribution in [0.4, 0.5) is 17.5 Å². The maximum absolute atomic E-state index is 10.9. The lowest BCUT2D eigenvalue weighted by Crippen LogP contribution is -2.31. The van der Waals surface area contributed by atoms with Gasteiger partial charge in [-0.15, -0.1) is 0 Å². The molecule has 8 heteroatoms. The third kappa shape index (κ3) is 3.28. The molecule has 0 saturated carbocycles. The fourth-order valence-corrected chi connectivity index (χ4v) is 2.18. The lowest BCUT2D eigenvalue weighted by Gasteiger charge is -2.28. The third-order valence-electron chi connectivity index (χ3n) is 3.32. The van der Waals surface area contributed by atoms with E-state index in [1.54, 1.807) is 0 Å². The summed E-state index contributed by atoms with van der Waals surface area (Å²) in [7, 11) is 0. The van der Waals surface area contributed by atoms with Crippen molar-refractivity contribution in [2.45, 2.75) is 25.8 Å². The number of anilines is 2. The summed E-state index contributed by atoms with van der Waals surface area (Å²) in [6, 6.07) is 0.0666. The van der Waals surface area contributed by atoms with Crippen molar-refractivity contribution in [2.24, 2.45) is 5.92 Å². The quantitative estimate of drug-likeness (QED) is 0.621. The van der Waals surface area contributed by atoms with Gasteiger partial charge in [0.25, 0.3) is 0 Å². The highest BCUT2D eigenvalue weighted by Gasteiger charge is 2.24. The zero-order valence-electron chi connectivity index (χ0n) is 10.7. The average molecular weight is 267 g/mol. The van der Waals surface area contributed by atoms with Crippen molar-refractivity contribution in [3.8, 4) is 0 Å². The van der Waals surface area contributed by atoms with E-state index >= 15 is 0 Å². The second-order valence-electron chi connectivity index (χ2n) is 4.60. The molecule has 2 rings (SSSR count). The van der Waals surface area contributed by atoms with E-state index in [-0.39, 0.29) is 23.5 Å². The molecule has 2 heterocycles. The van der Waals surface area contributed by atoms with Crippen LogP contribution in [0, 0.1) is 16.0 Å². The highest BCUT2D eigenvalue weighted by atomic mass is 16.6. The Morgan fingerprint density at radius 1 is 1.58 bits per heavy atom. The molecule has 1 fully saturated rings. The molecule has 19 heavy (non-hydrogen) atoms. The third-order valence-corrected chi connectivity index (χ3v) is 3.32. The maximum atomic E-state index is 10.9. The standard InChI is InChI=1S/C11H17N5O3/c1-7(8-2-4-19-5-3-8)14-10-9(16(17)18)6-13-11(12)15-10/h6-8H,2-5H2,1H3,(H3,12,13,14,15). The molecule has 0 aliphatic carbocycles. The largest absolute Gasteiger partial charge is 0.381 e. The molecule has 1 aliphatic rings. The van der Waals surface area contributed by atoms with E-state index in [0.29, 0.717) is 5.92 Å². The summed E-state index contributed by atoms with van der Waals surface area (Å²) in [6.45, 7) is 3.44. The van der Waals surface area contributed by atoms with Gasteiger partial charge in [0, 0.05) is 19.3 Å². The van der Waals surface area contributed by atoms with Gasteiger partial charge in [0.2, 0.25) is 11.8 Å². The summed E-state index contributed by atoms with van der Waals surface area (Å²) >= 11 is 0. The lowest BCUT2D eigenvalue weighted by atomic mass is 9.93. The molecule has 0 radical (unpaired) electrons. The summed E-state index contributed by atoms with van der Waals surface area (Å²) in [5.74, 6) is 0.605. The van der Waals surface area contributed by atoms with Gasteiger partial charge in [-0.2, -0.15) is 4.98 Å². The van der Waals surface area contributed by atoms with Gasteiger partial charge in [0.15, 0.2) is 0 Å². The van der Waals surface area contributed by atoms with Crippen molar-refractivity contribution >= 4 is 17.5 Å². The average Bonchev–Trinajstić information content (AvgIpc) is 2.39. The first kappa shape index (κ1) is 13.5. The molecule has 0 bridgehead atoms. The maximum Gasteiger partial charge on any atom is 0.329 e. The van der Waals surface area contributed by atoms with Crippen molar-refractivity contribution < 1.29 is 9.66 Å². The summed E-state index contributed by atoms with van der Waals surface area (Å²) in [6.07, 6.45) is 2.99. The van der Waals surface area contributed by atoms with Gasteiger partial charge in [-0.3, -0.25) is 10.1 Å². The number of rotatable bonds is 4. The van der Waals surface area contributed by atoms with E-state index in [1.165, 1.54) is 0 Å².